The van der Waals surface area contributed by atoms with Crippen LogP contribution in [0.3, 0.4) is 0 Å². The lowest BCUT2D eigenvalue weighted by atomic mass is 10.2. The molecule has 0 fully saturated rings. The van der Waals surface area contributed by atoms with Crippen LogP contribution in [-0.2, 0) is 14.4 Å². The Kier molecular flexibility index (Phi) is 5.51. The molecule has 0 aliphatic heterocycles. The zero-order valence-electron chi connectivity index (χ0n) is 9.43. The summed E-state index contributed by atoms with van der Waals surface area (Å²) in [6, 6.07) is 7.77. The Hall–Kier alpha value is -1.53. The van der Waals surface area contributed by atoms with Gasteiger partial charge in [0.2, 0.25) is 5.91 Å². The number of aryl methyl sites for hydroxylation is 1. The number of hydrogen-bond acceptors (Lipinski definition) is 4. The van der Waals surface area contributed by atoms with Crippen molar-refractivity contribution in [3.05, 3.63) is 29.8 Å². The van der Waals surface area contributed by atoms with Crippen molar-refractivity contribution in [1.29, 1.82) is 0 Å². The van der Waals surface area contributed by atoms with Crippen molar-refractivity contribution in [2.45, 2.75) is 11.8 Å². The molecule has 0 aliphatic rings. The second-order valence-electron chi connectivity index (χ2n) is 3.33. The SMILES string of the molecule is Cc1ccccc1SCC(=O)NOCC(N)=O. The van der Waals surface area contributed by atoms with Gasteiger partial charge in [0.15, 0.2) is 6.61 Å². The molecule has 1 rings (SSSR count). The molecule has 2 amide bonds. The standard InChI is InChI=1S/C11H14N2O3S/c1-8-4-2-3-5-9(8)17-7-11(15)13-16-6-10(12)14/h2-5H,6-7H2,1H3,(H2,12,14)(H,13,15). The monoisotopic (exact) mass is 254 g/mol. The number of carbonyl (C=O) groups is 2. The lowest BCUT2D eigenvalue weighted by Crippen LogP contribution is -2.30. The van der Waals surface area contributed by atoms with Gasteiger partial charge in [-0.3, -0.25) is 14.4 Å². The summed E-state index contributed by atoms with van der Waals surface area (Å²) in [6.45, 7) is 1.66. The first-order valence-electron chi connectivity index (χ1n) is 4.97. The van der Waals surface area contributed by atoms with Gasteiger partial charge in [-0.05, 0) is 18.6 Å². The van der Waals surface area contributed by atoms with Crippen molar-refractivity contribution in [3.8, 4) is 0 Å². The van der Waals surface area contributed by atoms with E-state index in [2.05, 4.69) is 10.3 Å². The van der Waals surface area contributed by atoms with E-state index in [1.165, 1.54) is 11.8 Å². The van der Waals surface area contributed by atoms with Crippen molar-refractivity contribution in [2.24, 2.45) is 5.73 Å². The van der Waals surface area contributed by atoms with Gasteiger partial charge in [0.25, 0.3) is 5.91 Å². The number of amides is 2. The molecule has 0 bridgehead atoms. The fourth-order valence-electron chi connectivity index (χ4n) is 1.08. The van der Waals surface area contributed by atoms with Gasteiger partial charge in [0.05, 0.1) is 5.75 Å². The number of nitrogens with one attached hydrogen (secondary N) is 1. The van der Waals surface area contributed by atoms with Crippen LogP contribution < -0.4 is 11.2 Å². The minimum Gasteiger partial charge on any atom is -0.368 e. The molecule has 0 heterocycles. The first-order chi connectivity index (χ1) is 8.09. The van der Waals surface area contributed by atoms with Gasteiger partial charge < -0.3 is 5.73 Å². The fraction of sp³-hybridized carbons (Fsp3) is 0.273. The average molecular weight is 254 g/mol. The van der Waals surface area contributed by atoms with Gasteiger partial charge in [-0.25, -0.2) is 5.48 Å². The maximum atomic E-state index is 11.3. The van der Waals surface area contributed by atoms with Gasteiger partial charge in [-0.15, -0.1) is 11.8 Å². The molecule has 0 aliphatic carbocycles. The summed E-state index contributed by atoms with van der Waals surface area (Å²) in [7, 11) is 0. The number of hydroxylamine groups is 1. The predicted octanol–water partition coefficient (Wildman–Crippen LogP) is 0.620. The smallest absolute Gasteiger partial charge is 0.253 e. The van der Waals surface area contributed by atoms with Crippen molar-refractivity contribution >= 4 is 23.6 Å². The second kappa shape index (κ2) is 6.93. The van der Waals surface area contributed by atoms with E-state index in [9.17, 15) is 9.59 Å². The summed E-state index contributed by atoms with van der Waals surface area (Å²) in [6.07, 6.45) is 0. The van der Waals surface area contributed by atoms with E-state index in [1.807, 2.05) is 31.2 Å². The molecule has 92 valence electrons. The number of rotatable bonds is 6. The van der Waals surface area contributed by atoms with Gasteiger partial charge in [0.1, 0.15) is 0 Å². The van der Waals surface area contributed by atoms with E-state index in [1.54, 1.807) is 0 Å². The minimum atomic E-state index is -0.628. The van der Waals surface area contributed by atoms with Crippen LogP contribution in [0.15, 0.2) is 29.2 Å². The molecule has 17 heavy (non-hydrogen) atoms. The number of hydrogen-bond donors (Lipinski definition) is 2. The molecule has 0 saturated heterocycles. The van der Waals surface area contributed by atoms with Crippen molar-refractivity contribution in [3.63, 3.8) is 0 Å². The maximum Gasteiger partial charge on any atom is 0.253 e. The van der Waals surface area contributed by atoms with Gasteiger partial charge in [-0.2, -0.15) is 0 Å². The highest BCUT2D eigenvalue weighted by atomic mass is 32.2. The molecule has 0 aromatic heterocycles. The molecule has 0 atom stereocenters. The molecule has 0 unspecified atom stereocenters. The fourth-order valence-corrected chi connectivity index (χ4v) is 1.89. The Balaban J connectivity index is 2.29. The molecular formula is C11H14N2O3S. The highest BCUT2D eigenvalue weighted by Crippen LogP contribution is 2.21. The Morgan fingerprint density at radius 3 is 2.76 bits per heavy atom. The number of benzene rings is 1. The summed E-state index contributed by atoms with van der Waals surface area (Å²) in [5.74, 6) is -0.708. The molecule has 6 heteroatoms. The maximum absolute atomic E-state index is 11.3. The Morgan fingerprint density at radius 1 is 1.41 bits per heavy atom. The van der Waals surface area contributed by atoms with E-state index in [0.717, 1.165) is 10.5 Å². The summed E-state index contributed by atoms with van der Waals surface area (Å²) in [5.41, 5.74) is 8.10. The minimum absolute atomic E-state index is 0.226. The average Bonchev–Trinajstić information content (AvgIpc) is 2.27. The highest BCUT2D eigenvalue weighted by molar-refractivity contribution is 8.00. The predicted molar refractivity (Wildman–Crippen MR) is 65.2 cm³/mol. The van der Waals surface area contributed by atoms with E-state index in [0.29, 0.717) is 0 Å². The van der Waals surface area contributed by atoms with Gasteiger partial charge in [0, 0.05) is 4.90 Å². The number of carbonyl (C=O) groups excluding carboxylic acids is 2. The van der Waals surface area contributed by atoms with Crippen LogP contribution in [0.2, 0.25) is 0 Å². The van der Waals surface area contributed by atoms with E-state index >= 15 is 0 Å². The zero-order chi connectivity index (χ0) is 12.7. The summed E-state index contributed by atoms with van der Waals surface area (Å²) in [4.78, 5) is 27.3. The Morgan fingerprint density at radius 2 is 2.12 bits per heavy atom. The first kappa shape index (κ1) is 13.5. The van der Waals surface area contributed by atoms with Crippen LogP contribution >= 0.6 is 11.8 Å². The molecule has 0 saturated carbocycles. The largest absolute Gasteiger partial charge is 0.368 e. The molecule has 0 radical (unpaired) electrons. The van der Waals surface area contributed by atoms with Crippen LogP contribution in [0, 0.1) is 6.92 Å². The molecule has 5 nitrogen and oxygen atoms in total. The lowest BCUT2D eigenvalue weighted by molar-refractivity contribution is -0.135. The van der Waals surface area contributed by atoms with Crippen molar-refractivity contribution < 1.29 is 14.4 Å². The third kappa shape index (κ3) is 5.37. The zero-order valence-corrected chi connectivity index (χ0v) is 10.3. The first-order valence-corrected chi connectivity index (χ1v) is 5.95. The third-order valence-corrected chi connectivity index (χ3v) is 3.03. The van der Waals surface area contributed by atoms with E-state index < -0.39 is 5.91 Å². The third-order valence-electron chi connectivity index (χ3n) is 1.85. The lowest BCUT2D eigenvalue weighted by Gasteiger charge is -2.05. The second-order valence-corrected chi connectivity index (χ2v) is 4.35. The highest BCUT2D eigenvalue weighted by Gasteiger charge is 2.05. The number of thioether (sulfide) groups is 1. The number of primary amides is 1. The van der Waals surface area contributed by atoms with Gasteiger partial charge >= 0.3 is 0 Å². The normalized spacial score (nSPS) is 9.94. The quantitative estimate of drug-likeness (QED) is 0.576. The van der Waals surface area contributed by atoms with E-state index in [4.69, 9.17) is 5.73 Å². The van der Waals surface area contributed by atoms with Crippen LogP contribution in [0.25, 0.3) is 0 Å². The topological polar surface area (TPSA) is 81.4 Å². The molecule has 3 N–H and O–H groups in total. The molecular weight excluding hydrogens is 240 g/mol. The van der Waals surface area contributed by atoms with E-state index in [-0.39, 0.29) is 18.3 Å². The Labute approximate surface area is 104 Å². The van der Waals surface area contributed by atoms with Crippen LogP contribution in [-0.4, -0.2) is 24.2 Å². The molecule has 1 aromatic carbocycles. The molecule has 1 aromatic rings. The van der Waals surface area contributed by atoms with Crippen LogP contribution in [0.4, 0.5) is 0 Å². The van der Waals surface area contributed by atoms with Crippen molar-refractivity contribution in [2.75, 3.05) is 12.4 Å². The summed E-state index contributed by atoms with van der Waals surface area (Å²) >= 11 is 1.41. The Bertz CT molecular complexity index is 409. The van der Waals surface area contributed by atoms with Gasteiger partial charge in [-0.1, -0.05) is 18.2 Å². The summed E-state index contributed by atoms with van der Waals surface area (Å²) in [5, 5.41) is 0. The van der Waals surface area contributed by atoms with Crippen LogP contribution in [0.5, 0.6) is 0 Å². The number of nitrogens with two attached hydrogens (primary N) is 1. The molecule has 0 spiro atoms. The summed E-state index contributed by atoms with van der Waals surface area (Å²) < 4.78 is 0. The van der Waals surface area contributed by atoms with Crippen LogP contribution in [0.1, 0.15) is 5.56 Å². The van der Waals surface area contributed by atoms with Crippen molar-refractivity contribution in [1.82, 2.24) is 5.48 Å².